The lowest BCUT2D eigenvalue weighted by Gasteiger charge is -2.00. The average molecular weight is 289 g/mol. The van der Waals surface area contributed by atoms with Gasteiger partial charge in [0.05, 0.1) is 22.8 Å². The van der Waals surface area contributed by atoms with Gasteiger partial charge in [0.15, 0.2) is 0 Å². The van der Waals surface area contributed by atoms with Crippen LogP contribution in [0.5, 0.6) is 0 Å². The number of halogens is 1. The maximum Gasteiger partial charge on any atom is 0.253 e. The number of aromatic nitrogens is 4. The van der Waals surface area contributed by atoms with Gasteiger partial charge in [-0.2, -0.15) is 5.10 Å². The first-order chi connectivity index (χ1) is 9.52. The lowest BCUT2D eigenvalue weighted by atomic mass is 10.3. The summed E-state index contributed by atoms with van der Waals surface area (Å²) in [6.45, 7) is 3.73. The minimum absolute atomic E-state index is 0.0925. The Balaban J connectivity index is 1.89. The van der Waals surface area contributed by atoms with Crippen molar-refractivity contribution in [3.8, 4) is 0 Å². The zero-order valence-corrected chi connectivity index (χ0v) is 11.9. The molecular formula is C14H13ClN4O. The van der Waals surface area contributed by atoms with Gasteiger partial charge in [0, 0.05) is 18.1 Å². The molecule has 20 heavy (non-hydrogen) atoms. The number of imidazole rings is 1. The summed E-state index contributed by atoms with van der Waals surface area (Å²) in [5, 5.41) is 4.82. The van der Waals surface area contributed by atoms with E-state index in [1.54, 1.807) is 12.3 Å². The van der Waals surface area contributed by atoms with Gasteiger partial charge in [0.1, 0.15) is 5.65 Å². The fourth-order valence-electron chi connectivity index (χ4n) is 2.21. The monoisotopic (exact) mass is 288 g/mol. The summed E-state index contributed by atoms with van der Waals surface area (Å²) in [5.74, 6) is -0.0925. The molecule has 0 aliphatic heterocycles. The molecule has 3 rings (SSSR count). The largest absolute Gasteiger partial charge is 0.305 e. The predicted octanol–water partition coefficient (Wildman–Crippen LogP) is 2.68. The van der Waals surface area contributed by atoms with E-state index < -0.39 is 0 Å². The Hall–Kier alpha value is -2.14. The Morgan fingerprint density at radius 3 is 2.80 bits per heavy atom. The second kappa shape index (κ2) is 4.76. The molecule has 3 aromatic rings. The summed E-state index contributed by atoms with van der Waals surface area (Å²) in [4.78, 5) is 16.6. The number of rotatable bonds is 2. The molecule has 0 aromatic carbocycles. The summed E-state index contributed by atoms with van der Waals surface area (Å²) in [6.07, 6.45) is 3.78. The van der Waals surface area contributed by atoms with Crippen LogP contribution in [0.4, 0.5) is 0 Å². The number of carbonyl (C=O) groups is 1. The van der Waals surface area contributed by atoms with E-state index in [1.807, 2.05) is 36.6 Å². The Morgan fingerprint density at radius 2 is 2.10 bits per heavy atom. The zero-order chi connectivity index (χ0) is 14.3. The maximum absolute atomic E-state index is 12.2. The quantitative estimate of drug-likeness (QED) is 0.728. The van der Waals surface area contributed by atoms with Crippen LogP contribution < -0.4 is 0 Å². The molecule has 3 aromatic heterocycles. The lowest BCUT2D eigenvalue weighted by Crippen LogP contribution is -2.16. The predicted molar refractivity (Wildman–Crippen MR) is 76.2 cm³/mol. The van der Waals surface area contributed by atoms with E-state index in [-0.39, 0.29) is 12.3 Å². The number of fused-ring (bicyclic) bond motifs is 1. The molecule has 3 heterocycles. The van der Waals surface area contributed by atoms with Gasteiger partial charge in [-0.3, -0.25) is 4.79 Å². The number of hydrogen-bond donors (Lipinski definition) is 0. The van der Waals surface area contributed by atoms with Gasteiger partial charge in [0.2, 0.25) is 0 Å². The van der Waals surface area contributed by atoms with Gasteiger partial charge >= 0.3 is 0 Å². The molecule has 0 saturated carbocycles. The highest BCUT2D eigenvalue weighted by atomic mass is 35.5. The molecule has 0 unspecified atom stereocenters. The molecule has 0 fully saturated rings. The minimum Gasteiger partial charge on any atom is -0.305 e. The average Bonchev–Trinajstić information content (AvgIpc) is 2.91. The smallest absolute Gasteiger partial charge is 0.253 e. The van der Waals surface area contributed by atoms with E-state index in [9.17, 15) is 4.79 Å². The Bertz CT molecular complexity index is 803. The molecule has 0 spiro atoms. The van der Waals surface area contributed by atoms with Crippen LogP contribution in [0.15, 0.2) is 30.6 Å². The number of aryl methyl sites for hydroxylation is 2. The van der Waals surface area contributed by atoms with Crippen molar-refractivity contribution in [3.05, 3.63) is 52.7 Å². The third-order valence-corrected chi connectivity index (χ3v) is 3.27. The Kier molecular flexibility index (Phi) is 3.06. The van der Waals surface area contributed by atoms with Gasteiger partial charge < -0.3 is 4.40 Å². The van der Waals surface area contributed by atoms with E-state index in [0.29, 0.717) is 10.7 Å². The van der Waals surface area contributed by atoms with Crippen LogP contribution >= 0.6 is 11.6 Å². The first kappa shape index (κ1) is 12.9. The van der Waals surface area contributed by atoms with Crippen molar-refractivity contribution in [3.63, 3.8) is 0 Å². The Labute approximate surface area is 120 Å². The summed E-state index contributed by atoms with van der Waals surface area (Å²) in [6, 6.07) is 5.47. The third-order valence-electron chi connectivity index (χ3n) is 3.04. The van der Waals surface area contributed by atoms with E-state index in [0.717, 1.165) is 17.0 Å². The summed E-state index contributed by atoms with van der Waals surface area (Å²) in [5.41, 5.74) is 3.13. The fraction of sp³-hybridized carbons (Fsp3) is 0.214. The first-order valence-electron chi connectivity index (χ1n) is 6.22. The lowest BCUT2D eigenvalue weighted by molar-refractivity contribution is 0.0894. The van der Waals surface area contributed by atoms with Crippen LogP contribution in [0.25, 0.3) is 5.65 Å². The summed E-state index contributed by atoms with van der Waals surface area (Å²) >= 11 is 5.92. The SMILES string of the molecule is Cc1cc(C)n(C(=O)Cc2cn3cc(Cl)ccc3n2)n1. The molecule has 5 nitrogen and oxygen atoms in total. The van der Waals surface area contributed by atoms with Gasteiger partial charge in [-0.1, -0.05) is 11.6 Å². The van der Waals surface area contributed by atoms with Crippen LogP contribution in [-0.2, 0) is 6.42 Å². The van der Waals surface area contributed by atoms with Crippen molar-refractivity contribution >= 4 is 23.2 Å². The highest BCUT2D eigenvalue weighted by Gasteiger charge is 2.13. The zero-order valence-electron chi connectivity index (χ0n) is 11.2. The second-order valence-electron chi connectivity index (χ2n) is 4.75. The molecule has 0 aliphatic carbocycles. The van der Waals surface area contributed by atoms with Crippen molar-refractivity contribution in [2.24, 2.45) is 0 Å². The topological polar surface area (TPSA) is 52.2 Å². The first-order valence-corrected chi connectivity index (χ1v) is 6.60. The van der Waals surface area contributed by atoms with Crippen molar-refractivity contribution in [2.45, 2.75) is 20.3 Å². The molecule has 0 aliphatic rings. The third kappa shape index (κ3) is 2.32. The van der Waals surface area contributed by atoms with Gasteiger partial charge in [-0.15, -0.1) is 0 Å². The molecule has 0 atom stereocenters. The van der Waals surface area contributed by atoms with Crippen LogP contribution in [-0.4, -0.2) is 25.1 Å². The Morgan fingerprint density at radius 1 is 1.30 bits per heavy atom. The highest BCUT2D eigenvalue weighted by molar-refractivity contribution is 6.30. The van der Waals surface area contributed by atoms with Crippen molar-refractivity contribution in [1.29, 1.82) is 0 Å². The standard InChI is InChI=1S/C14H13ClN4O/c1-9-5-10(2)19(17-9)14(20)6-12-8-18-7-11(15)3-4-13(18)16-12/h3-5,7-8H,6H2,1-2H3. The number of carbonyl (C=O) groups excluding carboxylic acids is 1. The molecule has 102 valence electrons. The number of pyridine rings is 1. The summed E-state index contributed by atoms with van der Waals surface area (Å²) < 4.78 is 3.23. The molecule has 0 bridgehead atoms. The van der Waals surface area contributed by atoms with Crippen molar-refractivity contribution in [2.75, 3.05) is 0 Å². The number of nitrogens with zero attached hydrogens (tertiary/aromatic N) is 4. The molecule has 6 heteroatoms. The van der Waals surface area contributed by atoms with E-state index in [4.69, 9.17) is 11.6 Å². The van der Waals surface area contributed by atoms with Crippen LogP contribution in [0.1, 0.15) is 21.9 Å². The minimum atomic E-state index is -0.0925. The number of hydrogen-bond acceptors (Lipinski definition) is 3. The molecular weight excluding hydrogens is 276 g/mol. The van der Waals surface area contributed by atoms with Crippen LogP contribution in [0.3, 0.4) is 0 Å². The van der Waals surface area contributed by atoms with Gasteiger partial charge in [-0.25, -0.2) is 9.67 Å². The molecule has 0 saturated heterocycles. The highest BCUT2D eigenvalue weighted by Crippen LogP contribution is 2.12. The normalized spacial score (nSPS) is 11.2. The fourth-order valence-corrected chi connectivity index (χ4v) is 2.38. The van der Waals surface area contributed by atoms with E-state index in [1.165, 1.54) is 4.68 Å². The van der Waals surface area contributed by atoms with E-state index >= 15 is 0 Å². The van der Waals surface area contributed by atoms with Crippen molar-refractivity contribution < 1.29 is 4.79 Å². The van der Waals surface area contributed by atoms with Crippen LogP contribution in [0, 0.1) is 13.8 Å². The van der Waals surface area contributed by atoms with Crippen molar-refractivity contribution in [1.82, 2.24) is 19.2 Å². The maximum atomic E-state index is 12.2. The summed E-state index contributed by atoms with van der Waals surface area (Å²) in [7, 11) is 0. The molecule has 0 N–H and O–H groups in total. The van der Waals surface area contributed by atoms with Crippen LogP contribution in [0.2, 0.25) is 5.02 Å². The molecule has 0 amide bonds. The van der Waals surface area contributed by atoms with E-state index in [2.05, 4.69) is 10.1 Å². The van der Waals surface area contributed by atoms with Gasteiger partial charge in [-0.05, 0) is 32.0 Å². The molecule has 0 radical (unpaired) electrons. The second-order valence-corrected chi connectivity index (χ2v) is 5.19. The van der Waals surface area contributed by atoms with Gasteiger partial charge in [0.25, 0.3) is 5.91 Å².